The van der Waals surface area contributed by atoms with E-state index in [9.17, 15) is 14.4 Å². The van der Waals surface area contributed by atoms with Crippen LogP contribution in [-0.4, -0.2) is 61.9 Å². The van der Waals surface area contributed by atoms with Crippen LogP contribution in [0.4, 0.5) is 5.13 Å². The summed E-state index contributed by atoms with van der Waals surface area (Å²) in [4.78, 5) is 37.4. The number of hydrogen-bond donors (Lipinski definition) is 1. The second kappa shape index (κ2) is 7.50. The summed E-state index contributed by atoms with van der Waals surface area (Å²) in [7, 11) is 0. The normalized spacial score (nSPS) is 25.1. The van der Waals surface area contributed by atoms with E-state index in [0.717, 1.165) is 6.42 Å². The van der Waals surface area contributed by atoms with Crippen LogP contribution in [0.2, 0.25) is 0 Å². The van der Waals surface area contributed by atoms with Gasteiger partial charge in [0.2, 0.25) is 16.9 Å². The number of thioether (sulfide) groups is 2. The van der Waals surface area contributed by atoms with Crippen LogP contribution in [-0.2, 0) is 19.1 Å². The van der Waals surface area contributed by atoms with E-state index < -0.39 is 6.04 Å². The van der Waals surface area contributed by atoms with E-state index in [-0.39, 0.29) is 28.4 Å². The standard InChI is InChI=1S/C14H18N4O4S3/c1-3-22-10(20)7-23-13-17-16-12(25-13)15-11(21)8-6-24-14(2)5-4-9(19)18(8)14/h8H,3-7H2,1-2H3,(H,15,16,21). The maximum Gasteiger partial charge on any atom is 0.316 e. The molecule has 0 saturated carbocycles. The molecule has 3 heterocycles. The van der Waals surface area contributed by atoms with Crippen LogP contribution in [0.25, 0.3) is 0 Å². The number of rotatable bonds is 6. The first kappa shape index (κ1) is 18.5. The second-order valence-corrected chi connectivity index (χ2v) is 9.42. The SMILES string of the molecule is CCOC(=O)CSc1nnc(NC(=O)C2CSC3(C)CCC(=O)N23)s1. The molecule has 8 nitrogen and oxygen atoms in total. The van der Waals surface area contributed by atoms with Crippen LogP contribution >= 0.6 is 34.9 Å². The number of fused-ring (bicyclic) bond motifs is 1. The number of nitrogens with one attached hydrogen (secondary N) is 1. The number of amides is 2. The Morgan fingerprint density at radius 3 is 3.04 bits per heavy atom. The predicted octanol–water partition coefficient (Wildman–Crippen LogP) is 1.59. The van der Waals surface area contributed by atoms with Gasteiger partial charge in [0.25, 0.3) is 0 Å². The molecule has 2 aliphatic heterocycles. The molecule has 1 N–H and O–H groups in total. The fourth-order valence-electron chi connectivity index (χ4n) is 2.85. The zero-order valence-corrected chi connectivity index (χ0v) is 16.3. The molecule has 25 heavy (non-hydrogen) atoms. The van der Waals surface area contributed by atoms with E-state index in [0.29, 0.717) is 28.3 Å². The highest BCUT2D eigenvalue weighted by Gasteiger charge is 2.52. The number of anilines is 1. The summed E-state index contributed by atoms with van der Waals surface area (Å²) < 4.78 is 5.42. The molecule has 2 unspecified atom stereocenters. The van der Waals surface area contributed by atoms with Crippen molar-refractivity contribution in [1.82, 2.24) is 15.1 Å². The van der Waals surface area contributed by atoms with E-state index in [1.807, 2.05) is 6.92 Å². The molecule has 2 saturated heterocycles. The molecule has 2 amide bonds. The molecule has 0 bridgehead atoms. The van der Waals surface area contributed by atoms with Gasteiger partial charge in [-0.1, -0.05) is 23.1 Å². The Balaban J connectivity index is 1.57. The van der Waals surface area contributed by atoms with Crippen LogP contribution in [0, 0.1) is 0 Å². The smallest absolute Gasteiger partial charge is 0.316 e. The van der Waals surface area contributed by atoms with Crippen LogP contribution in [0.3, 0.4) is 0 Å². The molecule has 0 aromatic carbocycles. The Morgan fingerprint density at radius 1 is 1.48 bits per heavy atom. The Bertz CT molecular complexity index is 697. The van der Waals surface area contributed by atoms with E-state index in [2.05, 4.69) is 15.5 Å². The Hall–Kier alpha value is -1.33. The first-order chi connectivity index (χ1) is 11.9. The van der Waals surface area contributed by atoms with Crippen molar-refractivity contribution < 1.29 is 19.1 Å². The largest absolute Gasteiger partial charge is 0.465 e. The third kappa shape index (κ3) is 3.93. The average Bonchev–Trinajstić information content (AvgIpc) is 3.22. The average molecular weight is 403 g/mol. The fraction of sp³-hybridized carbons (Fsp3) is 0.643. The highest BCUT2D eigenvalue weighted by atomic mass is 32.2. The highest BCUT2D eigenvalue weighted by molar-refractivity contribution is 8.01. The lowest BCUT2D eigenvalue weighted by molar-refractivity contribution is -0.139. The molecule has 1 aromatic heterocycles. The van der Waals surface area contributed by atoms with Gasteiger partial charge in [-0.2, -0.15) is 0 Å². The maximum absolute atomic E-state index is 12.5. The molecule has 0 aliphatic carbocycles. The van der Waals surface area contributed by atoms with Crippen molar-refractivity contribution in [3.8, 4) is 0 Å². The molecule has 2 aliphatic rings. The Labute approximate surface area is 157 Å². The highest BCUT2D eigenvalue weighted by Crippen LogP contribution is 2.47. The van der Waals surface area contributed by atoms with Gasteiger partial charge in [-0.3, -0.25) is 19.7 Å². The number of esters is 1. The minimum Gasteiger partial charge on any atom is -0.465 e. The minimum atomic E-state index is -0.482. The van der Waals surface area contributed by atoms with Gasteiger partial charge in [-0.05, 0) is 20.3 Å². The zero-order valence-electron chi connectivity index (χ0n) is 13.8. The van der Waals surface area contributed by atoms with Crippen molar-refractivity contribution in [1.29, 1.82) is 0 Å². The molecular weight excluding hydrogens is 384 g/mol. The fourth-order valence-corrected chi connectivity index (χ4v) is 5.83. The van der Waals surface area contributed by atoms with Gasteiger partial charge in [0.05, 0.1) is 17.2 Å². The monoisotopic (exact) mass is 402 g/mol. The zero-order chi connectivity index (χ0) is 18.0. The summed E-state index contributed by atoms with van der Waals surface area (Å²) in [6, 6.07) is -0.482. The summed E-state index contributed by atoms with van der Waals surface area (Å²) in [5, 5.41) is 11.0. The van der Waals surface area contributed by atoms with Crippen molar-refractivity contribution in [2.75, 3.05) is 23.4 Å². The molecule has 0 spiro atoms. The van der Waals surface area contributed by atoms with Crippen molar-refractivity contribution in [3.63, 3.8) is 0 Å². The van der Waals surface area contributed by atoms with Crippen molar-refractivity contribution in [2.24, 2.45) is 0 Å². The predicted molar refractivity (Wildman–Crippen MR) is 96.6 cm³/mol. The van der Waals surface area contributed by atoms with E-state index in [1.54, 1.807) is 23.6 Å². The van der Waals surface area contributed by atoms with Crippen molar-refractivity contribution in [3.05, 3.63) is 0 Å². The van der Waals surface area contributed by atoms with Crippen LogP contribution in [0.15, 0.2) is 4.34 Å². The van der Waals surface area contributed by atoms with Crippen molar-refractivity contribution in [2.45, 2.75) is 41.9 Å². The first-order valence-electron chi connectivity index (χ1n) is 7.82. The minimum absolute atomic E-state index is 0.0237. The Kier molecular flexibility index (Phi) is 5.54. The summed E-state index contributed by atoms with van der Waals surface area (Å²) in [6.45, 7) is 4.09. The quantitative estimate of drug-likeness (QED) is 0.435. The number of carbonyl (C=O) groups excluding carboxylic acids is 3. The van der Waals surface area contributed by atoms with Crippen LogP contribution in [0.5, 0.6) is 0 Å². The number of hydrogen-bond acceptors (Lipinski definition) is 9. The van der Waals surface area contributed by atoms with Gasteiger partial charge < -0.3 is 9.64 Å². The number of ether oxygens (including phenoxy) is 1. The summed E-state index contributed by atoms with van der Waals surface area (Å²) in [5.41, 5.74) is 0. The number of aromatic nitrogens is 2. The maximum atomic E-state index is 12.5. The third-order valence-corrected chi connectivity index (χ3v) is 7.45. The number of carbonyl (C=O) groups is 3. The van der Waals surface area contributed by atoms with Gasteiger partial charge >= 0.3 is 5.97 Å². The molecule has 2 fully saturated rings. The third-order valence-electron chi connectivity index (χ3n) is 4.00. The van der Waals surface area contributed by atoms with Crippen LogP contribution < -0.4 is 5.32 Å². The summed E-state index contributed by atoms with van der Waals surface area (Å²) in [5.74, 6) is 0.191. The second-order valence-electron chi connectivity index (χ2n) is 5.72. The summed E-state index contributed by atoms with van der Waals surface area (Å²) >= 11 is 4.05. The molecule has 3 rings (SSSR count). The number of nitrogens with zero attached hydrogens (tertiary/aromatic N) is 3. The molecule has 136 valence electrons. The van der Waals surface area contributed by atoms with E-state index in [1.165, 1.54) is 23.1 Å². The van der Waals surface area contributed by atoms with Crippen LogP contribution in [0.1, 0.15) is 26.7 Å². The summed E-state index contributed by atoms with van der Waals surface area (Å²) in [6.07, 6.45) is 1.26. The van der Waals surface area contributed by atoms with Gasteiger partial charge in [-0.15, -0.1) is 22.0 Å². The first-order valence-corrected chi connectivity index (χ1v) is 10.6. The molecule has 2 atom stereocenters. The van der Waals surface area contributed by atoms with Gasteiger partial charge in [-0.25, -0.2) is 0 Å². The molecular formula is C14H18N4O4S3. The van der Waals surface area contributed by atoms with Crippen molar-refractivity contribution >= 4 is 57.8 Å². The van der Waals surface area contributed by atoms with E-state index >= 15 is 0 Å². The van der Waals surface area contributed by atoms with E-state index in [4.69, 9.17) is 4.74 Å². The lowest BCUT2D eigenvalue weighted by atomic mass is 10.2. The van der Waals surface area contributed by atoms with Gasteiger partial charge in [0.1, 0.15) is 6.04 Å². The Morgan fingerprint density at radius 2 is 2.28 bits per heavy atom. The van der Waals surface area contributed by atoms with Gasteiger partial charge in [0, 0.05) is 12.2 Å². The molecule has 1 aromatic rings. The lowest BCUT2D eigenvalue weighted by Gasteiger charge is -2.29. The lowest BCUT2D eigenvalue weighted by Crippen LogP contribution is -2.48. The van der Waals surface area contributed by atoms with Gasteiger partial charge in [0.15, 0.2) is 4.34 Å². The molecule has 11 heteroatoms. The topological polar surface area (TPSA) is 101 Å². The molecule has 0 radical (unpaired) electrons.